The molecule has 0 radical (unpaired) electrons. The molecular formula is C10H9FN2O. The average molecular weight is 192 g/mol. The van der Waals surface area contributed by atoms with E-state index in [1.54, 1.807) is 12.1 Å². The predicted molar refractivity (Wildman–Crippen MR) is 48.5 cm³/mol. The fourth-order valence-electron chi connectivity index (χ4n) is 1.47. The van der Waals surface area contributed by atoms with E-state index in [1.807, 2.05) is 6.07 Å². The summed E-state index contributed by atoms with van der Waals surface area (Å²) in [5.41, 5.74) is 6.30. The summed E-state index contributed by atoms with van der Waals surface area (Å²) >= 11 is 0. The van der Waals surface area contributed by atoms with Crippen LogP contribution in [0.25, 0.3) is 0 Å². The predicted octanol–water partition coefficient (Wildman–Crippen LogP) is 1.29. The number of halogens is 1. The molecule has 0 aromatic heterocycles. The molecule has 0 fully saturated rings. The van der Waals surface area contributed by atoms with Crippen molar-refractivity contribution in [3.8, 4) is 11.8 Å². The van der Waals surface area contributed by atoms with Crippen molar-refractivity contribution in [2.45, 2.75) is 12.2 Å². The smallest absolute Gasteiger partial charge is 0.147 e. The second-order valence-corrected chi connectivity index (χ2v) is 3.24. The molecule has 0 saturated heterocycles. The van der Waals surface area contributed by atoms with Gasteiger partial charge in [-0.2, -0.15) is 5.26 Å². The minimum absolute atomic E-state index is 0.181. The number of nitrogens with zero attached hydrogens (tertiary/aromatic N) is 1. The van der Waals surface area contributed by atoms with Crippen LogP contribution in [0.15, 0.2) is 18.2 Å². The molecule has 1 aromatic carbocycles. The summed E-state index contributed by atoms with van der Waals surface area (Å²) in [5, 5.41) is 8.65. The largest absolute Gasteiger partial charge is 0.491 e. The highest BCUT2D eigenvalue weighted by Crippen LogP contribution is 2.34. The van der Waals surface area contributed by atoms with Gasteiger partial charge in [-0.1, -0.05) is 0 Å². The van der Waals surface area contributed by atoms with Crippen molar-refractivity contribution >= 4 is 0 Å². The van der Waals surface area contributed by atoms with Crippen LogP contribution in [0.4, 0.5) is 4.39 Å². The molecule has 1 heterocycles. The highest BCUT2D eigenvalue weighted by atomic mass is 19.1. The van der Waals surface area contributed by atoms with Gasteiger partial charge in [0, 0.05) is 5.56 Å². The monoisotopic (exact) mass is 192 g/mol. The van der Waals surface area contributed by atoms with Gasteiger partial charge in [-0.05, 0) is 18.2 Å². The number of nitrogens with two attached hydrogens (primary N) is 1. The van der Waals surface area contributed by atoms with E-state index >= 15 is 0 Å². The molecule has 2 atom stereocenters. The second-order valence-electron chi connectivity index (χ2n) is 3.24. The zero-order valence-corrected chi connectivity index (χ0v) is 7.40. The molecule has 0 spiro atoms. The van der Waals surface area contributed by atoms with Gasteiger partial charge in [0.15, 0.2) is 0 Å². The lowest BCUT2D eigenvalue weighted by Crippen LogP contribution is -2.36. The van der Waals surface area contributed by atoms with Crippen LogP contribution in [0.3, 0.4) is 0 Å². The van der Waals surface area contributed by atoms with Crippen LogP contribution in [0.1, 0.15) is 17.3 Å². The Morgan fingerprint density at radius 1 is 1.57 bits per heavy atom. The van der Waals surface area contributed by atoms with Crippen molar-refractivity contribution < 1.29 is 9.13 Å². The summed E-state index contributed by atoms with van der Waals surface area (Å²) in [7, 11) is 0. The Bertz CT molecular complexity index is 400. The Morgan fingerprint density at radius 2 is 2.36 bits per heavy atom. The standard InChI is InChI=1S/C10H9FN2O/c11-10-7-3-6(4-12)1-2-9(7)14-5-8(10)13/h1-3,8,10H,5,13H2/t8-,10?/m0/s1. The van der Waals surface area contributed by atoms with E-state index in [0.29, 0.717) is 16.9 Å². The molecule has 2 N–H and O–H groups in total. The van der Waals surface area contributed by atoms with Crippen LogP contribution in [0.5, 0.6) is 5.75 Å². The Labute approximate surface area is 80.9 Å². The van der Waals surface area contributed by atoms with Gasteiger partial charge in [0.05, 0.1) is 17.7 Å². The third-order valence-electron chi connectivity index (χ3n) is 2.24. The van der Waals surface area contributed by atoms with Gasteiger partial charge < -0.3 is 10.5 Å². The molecule has 0 amide bonds. The van der Waals surface area contributed by atoms with E-state index in [4.69, 9.17) is 15.7 Å². The summed E-state index contributed by atoms with van der Waals surface area (Å²) in [6.45, 7) is 0.181. The van der Waals surface area contributed by atoms with Gasteiger partial charge in [0.2, 0.25) is 0 Å². The first-order valence-electron chi connectivity index (χ1n) is 4.29. The van der Waals surface area contributed by atoms with E-state index in [9.17, 15) is 4.39 Å². The van der Waals surface area contributed by atoms with Gasteiger partial charge in [0.1, 0.15) is 18.5 Å². The normalized spacial score (nSPS) is 24.6. The number of ether oxygens (including phenoxy) is 1. The van der Waals surface area contributed by atoms with Crippen molar-refractivity contribution in [2.75, 3.05) is 6.61 Å². The molecule has 72 valence electrons. The summed E-state index contributed by atoms with van der Waals surface area (Å²) < 4.78 is 18.8. The zero-order chi connectivity index (χ0) is 10.1. The van der Waals surface area contributed by atoms with E-state index in [-0.39, 0.29) is 6.61 Å². The minimum atomic E-state index is -1.24. The van der Waals surface area contributed by atoms with Crippen molar-refractivity contribution in [2.24, 2.45) is 5.73 Å². The van der Waals surface area contributed by atoms with Crippen molar-refractivity contribution in [1.82, 2.24) is 0 Å². The maximum absolute atomic E-state index is 13.6. The Morgan fingerprint density at radius 3 is 3.07 bits per heavy atom. The lowest BCUT2D eigenvalue weighted by Gasteiger charge is -2.25. The Kier molecular flexibility index (Phi) is 2.10. The highest BCUT2D eigenvalue weighted by Gasteiger charge is 2.28. The van der Waals surface area contributed by atoms with Gasteiger partial charge in [-0.25, -0.2) is 4.39 Å². The van der Waals surface area contributed by atoms with Crippen LogP contribution >= 0.6 is 0 Å². The summed E-state index contributed by atoms with van der Waals surface area (Å²) in [4.78, 5) is 0. The molecule has 14 heavy (non-hydrogen) atoms. The number of fused-ring (bicyclic) bond motifs is 1. The van der Waals surface area contributed by atoms with Crippen LogP contribution in [-0.2, 0) is 0 Å². The third-order valence-corrected chi connectivity index (χ3v) is 2.24. The van der Waals surface area contributed by atoms with Crippen molar-refractivity contribution in [3.63, 3.8) is 0 Å². The van der Waals surface area contributed by atoms with Crippen LogP contribution in [0.2, 0.25) is 0 Å². The number of hydrogen-bond donors (Lipinski definition) is 1. The maximum atomic E-state index is 13.6. The molecule has 2 rings (SSSR count). The fraction of sp³-hybridized carbons (Fsp3) is 0.300. The number of nitriles is 1. The summed E-state index contributed by atoms with van der Waals surface area (Å²) in [5.74, 6) is 0.484. The first-order valence-corrected chi connectivity index (χ1v) is 4.29. The van der Waals surface area contributed by atoms with E-state index in [1.165, 1.54) is 6.07 Å². The van der Waals surface area contributed by atoms with Gasteiger partial charge in [0.25, 0.3) is 0 Å². The molecule has 0 saturated carbocycles. The first-order chi connectivity index (χ1) is 6.72. The number of alkyl halides is 1. The van der Waals surface area contributed by atoms with Crippen LogP contribution < -0.4 is 10.5 Å². The minimum Gasteiger partial charge on any atom is -0.491 e. The number of hydrogen-bond acceptors (Lipinski definition) is 3. The lowest BCUT2D eigenvalue weighted by molar-refractivity contribution is 0.170. The zero-order valence-electron chi connectivity index (χ0n) is 7.40. The molecular weight excluding hydrogens is 183 g/mol. The summed E-state index contributed by atoms with van der Waals surface area (Å²) in [6, 6.07) is 6.00. The lowest BCUT2D eigenvalue weighted by atomic mass is 9.99. The fourth-order valence-corrected chi connectivity index (χ4v) is 1.47. The molecule has 0 bridgehead atoms. The topological polar surface area (TPSA) is 59.0 Å². The summed E-state index contributed by atoms with van der Waals surface area (Å²) in [6.07, 6.45) is -1.24. The van der Waals surface area contributed by atoms with Crippen molar-refractivity contribution in [1.29, 1.82) is 5.26 Å². The van der Waals surface area contributed by atoms with Crippen LogP contribution in [0, 0.1) is 11.3 Å². The van der Waals surface area contributed by atoms with Gasteiger partial charge >= 0.3 is 0 Å². The Hall–Kier alpha value is -1.60. The molecule has 0 aliphatic carbocycles. The molecule has 1 aromatic rings. The third kappa shape index (κ3) is 1.32. The quantitative estimate of drug-likeness (QED) is 0.673. The first kappa shape index (κ1) is 8.97. The van der Waals surface area contributed by atoms with Crippen LogP contribution in [-0.4, -0.2) is 12.6 Å². The van der Waals surface area contributed by atoms with E-state index < -0.39 is 12.2 Å². The van der Waals surface area contributed by atoms with Crippen molar-refractivity contribution in [3.05, 3.63) is 29.3 Å². The van der Waals surface area contributed by atoms with Gasteiger partial charge in [-0.3, -0.25) is 0 Å². The average Bonchev–Trinajstić information content (AvgIpc) is 2.23. The molecule has 1 aliphatic rings. The Balaban J connectivity index is 2.47. The molecule has 1 aliphatic heterocycles. The number of benzene rings is 1. The van der Waals surface area contributed by atoms with E-state index in [0.717, 1.165) is 0 Å². The molecule has 4 heteroatoms. The number of rotatable bonds is 0. The second kappa shape index (κ2) is 3.28. The van der Waals surface area contributed by atoms with E-state index in [2.05, 4.69) is 0 Å². The SMILES string of the molecule is N#Cc1ccc2c(c1)C(F)[C@@H](N)CO2. The maximum Gasteiger partial charge on any atom is 0.147 e. The molecule has 3 nitrogen and oxygen atoms in total. The highest BCUT2D eigenvalue weighted by molar-refractivity contribution is 5.44. The van der Waals surface area contributed by atoms with Gasteiger partial charge in [-0.15, -0.1) is 0 Å². The molecule has 1 unspecified atom stereocenters.